The Morgan fingerprint density at radius 2 is 2.18 bits per heavy atom. The highest BCUT2D eigenvalue weighted by Gasteiger charge is 2.19. The van der Waals surface area contributed by atoms with Crippen LogP contribution in [-0.4, -0.2) is 28.3 Å². The van der Waals surface area contributed by atoms with Crippen molar-refractivity contribution in [3.05, 3.63) is 18.2 Å². The summed E-state index contributed by atoms with van der Waals surface area (Å²) < 4.78 is 7.84. The first-order chi connectivity index (χ1) is 8.22. The summed E-state index contributed by atoms with van der Waals surface area (Å²) in [6.07, 6.45) is 6.87. The fourth-order valence-corrected chi connectivity index (χ4v) is 2.08. The summed E-state index contributed by atoms with van der Waals surface area (Å²) in [7, 11) is 0. The molecule has 1 aromatic heterocycles. The van der Waals surface area contributed by atoms with E-state index in [1.165, 1.54) is 0 Å². The number of ether oxygens (including phenoxy) is 1. The van der Waals surface area contributed by atoms with Crippen molar-refractivity contribution in [2.45, 2.75) is 58.7 Å². The molecule has 17 heavy (non-hydrogen) atoms. The molecular weight excluding hydrogens is 214 g/mol. The van der Waals surface area contributed by atoms with Crippen LogP contribution in [0.5, 0.6) is 0 Å². The normalized spacial score (nSPS) is 14.8. The minimum absolute atomic E-state index is 0.0302. The largest absolute Gasteiger partial charge is 0.377 e. The van der Waals surface area contributed by atoms with Gasteiger partial charge in [0.1, 0.15) is 5.82 Å². The van der Waals surface area contributed by atoms with Gasteiger partial charge in [-0.2, -0.15) is 0 Å². The number of rotatable bonds is 8. The molecule has 0 spiro atoms. The van der Waals surface area contributed by atoms with Gasteiger partial charge in [0.25, 0.3) is 0 Å². The predicted octanol–water partition coefficient (Wildman–Crippen LogP) is 1.98. The molecule has 98 valence electrons. The zero-order chi connectivity index (χ0) is 12.7. The Balaban J connectivity index is 2.59. The van der Waals surface area contributed by atoms with E-state index >= 15 is 0 Å². The summed E-state index contributed by atoms with van der Waals surface area (Å²) in [5.74, 6) is 1.06. The Bertz CT molecular complexity index is 305. The molecule has 0 bridgehead atoms. The summed E-state index contributed by atoms with van der Waals surface area (Å²) in [6, 6.07) is 0.0302. The maximum Gasteiger partial charge on any atom is 0.110 e. The number of hydrogen-bond acceptors (Lipinski definition) is 3. The van der Waals surface area contributed by atoms with Crippen LogP contribution in [0.25, 0.3) is 0 Å². The first kappa shape index (κ1) is 14.2. The molecule has 0 saturated carbocycles. The van der Waals surface area contributed by atoms with Crippen molar-refractivity contribution in [3.8, 4) is 0 Å². The second-order valence-electron chi connectivity index (χ2n) is 4.28. The Kier molecular flexibility index (Phi) is 6.22. The summed E-state index contributed by atoms with van der Waals surface area (Å²) in [6.45, 7) is 7.95. The molecule has 0 aromatic carbocycles. The molecule has 2 atom stereocenters. The molecule has 0 aliphatic rings. The fourth-order valence-electron chi connectivity index (χ4n) is 2.08. The third-order valence-electron chi connectivity index (χ3n) is 2.99. The highest BCUT2D eigenvalue weighted by Crippen LogP contribution is 2.10. The van der Waals surface area contributed by atoms with Crippen LogP contribution in [0.15, 0.2) is 12.4 Å². The van der Waals surface area contributed by atoms with Crippen molar-refractivity contribution in [1.29, 1.82) is 0 Å². The summed E-state index contributed by atoms with van der Waals surface area (Å²) >= 11 is 0. The van der Waals surface area contributed by atoms with Gasteiger partial charge in [0.05, 0.1) is 6.10 Å². The lowest BCUT2D eigenvalue weighted by Crippen LogP contribution is -2.39. The van der Waals surface area contributed by atoms with Gasteiger partial charge in [-0.1, -0.05) is 13.3 Å². The Morgan fingerprint density at radius 3 is 2.76 bits per heavy atom. The minimum atomic E-state index is 0.0302. The van der Waals surface area contributed by atoms with E-state index in [0.717, 1.165) is 38.2 Å². The third kappa shape index (κ3) is 4.13. The molecule has 0 amide bonds. The van der Waals surface area contributed by atoms with Gasteiger partial charge in [-0.15, -0.1) is 0 Å². The second kappa shape index (κ2) is 7.45. The highest BCUT2D eigenvalue weighted by molar-refractivity contribution is 4.96. The van der Waals surface area contributed by atoms with E-state index < -0.39 is 0 Å². The first-order valence-corrected chi connectivity index (χ1v) is 6.60. The molecule has 4 nitrogen and oxygen atoms in total. The van der Waals surface area contributed by atoms with Gasteiger partial charge in [-0.05, 0) is 20.3 Å². The van der Waals surface area contributed by atoms with Crippen molar-refractivity contribution < 1.29 is 4.74 Å². The number of hydrogen-bond donors (Lipinski definition) is 1. The van der Waals surface area contributed by atoms with Crippen LogP contribution in [-0.2, 0) is 17.7 Å². The lowest BCUT2D eigenvalue weighted by Gasteiger charge is -2.23. The minimum Gasteiger partial charge on any atom is -0.377 e. The molecule has 4 heteroatoms. The first-order valence-electron chi connectivity index (χ1n) is 6.60. The number of nitrogens with zero attached hydrogens (tertiary/aromatic N) is 2. The molecule has 0 saturated heterocycles. The highest BCUT2D eigenvalue weighted by atomic mass is 16.5. The zero-order valence-electron chi connectivity index (χ0n) is 11.2. The smallest absolute Gasteiger partial charge is 0.110 e. The van der Waals surface area contributed by atoms with Gasteiger partial charge < -0.3 is 15.0 Å². The topological polar surface area (TPSA) is 53.1 Å². The van der Waals surface area contributed by atoms with Crippen LogP contribution in [0.2, 0.25) is 0 Å². The average Bonchev–Trinajstić information content (AvgIpc) is 2.76. The zero-order valence-corrected chi connectivity index (χ0v) is 11.2. The molecule has 1 rings (SSSR count). The van der Waals surface area contributed by atoms with Gasteiger partial charge in [0, 0.05) is 38.0 Å². The number of aromatic nitrogens is 2. The average molecular weight is 239 g/mol. The SMILES string of the molecule is CCCC(OCC)C(N)Cc1nccn1CC. The van der Waals surface area contributed by atoms with Crippen LogP contribution in [0.3, 0.4) is 0 Å². The summed E-state index contributed by atoms with van der Waals surface area (Å²) in [5.41, 5.74) is 6.23. The lowest BCUT2D eigenvalue weighted by molar-refractivity contribution is 0.0372. The van der Waals surface area contributed by atoms with Gasteiger partial charge in [0.15, 0.2) is 0 Å². The maximum absolute atomic E-state index is 6.23. The van der Waals surface area contributed by atoms with E-state index in [1.54, 1.807) is 0 Å². The van der Waals surface area contributed by atoms with Gasteiger partial charge in [0.2, 0.25) is 0 Å². The second-order valence-corrected chi connectivity index (χ2v) is 4.28. The van der Waals surface area contributed by atoms with E-state index in [9.17, 15) is 0 Å². The Hall–Kier alpha value is -0.870. The molecule has 0 radical (unpaired) electrons. The van der Waals surface area contributed by atoms with Crippen LogP contribution in [0, 0.1) is 0 Å². The molecule has 1 aromatic rings. The lowest BCUT2D eigenvalue weighted by atomic mass is 10.0. The number of aryl methyl sites for hydroxylation is 1. The van der Waals surface area contributed by atoms with Crippen molar-refractivity contribution in [2.75, 3.05) is 6.61 Å². The van der Waals surface area contributed by atoms with Crippen molar-refractivity contribution in [3.63, 3.8) is 0 Å². The Labute approximate surface area is 104 Å². The Morgan fingerprint density at radius 1 is 1.41 bits per heavy atom. The van der Waals surface area contributed by atoms with E-state index in [0.29, 0.717) is 0 Å². The molecule has 0 aliphatic carbocycles. The van der Waals surface area contributed by atoms with Crippen LogP contribution in [0.4, 0.5) is 0 Å². The maximum atomic E-state index is 6.23. The summed E-state index contributed by atoms with van der Waals surface area (Å²) in [4.78, 5) is 4.36. The summed E-state index contributed by atoms with van der Waals surface area (Å²) in [5, 5.41) is 0. The van der Waals surface area contributed by atoms with Crippen LogP contribution < -0.4 is 5.73 Å². The van der Waals surface area contributed by atoms with Crippen molar-refractivity contribution >= 4 is 0 Å². The van der Waals surface area contributed by atoms with Crippen LogP contribution in [0.1, 0.15) is 39.4 Å². The number of nitrogens with two attached hydrogens (primary N) is 1. The molecule has 1 heterocycles. The molecule has 2 N–H and O–H groups in total. The predicted molar refractivity (Wildman–Crippen MR) is 69.9 cm³/mol. The van der Waals surface area contributed by atoms with Gasteiger partial charge in [-0.25, -0.2) is 4.98 Å². The monoisotopic (exact) mass is 239 g/mol. The van der Waals surface area contributed by atoms with E-state index in [1.807, 2.05) is 19.3 Å². The standard InChI is InChI=1S/C13H25N3O/c1-4-7-12(17-6-3)11(14)10-13-15-8-9-16(13)5-2/h8-9,11-12H,4-7,10,14H2,1-3H3. The quantitative estimate of drug-likeness (QED) is 0.754. The van der Waals surface area contributed by atoms with Crippen molar-refractivity contribution in [2.24, 2.45) is 5.73 Å². The molecule has 0 fully saturated rings. The molecular formula is C13H25N3O. The third-order valence-corrected chi connectivity index (χ3v) is 2.99. The fraction of sp³-hybridized carbons (Fsp3) is 0.769. The van der Waals surface area contributed by atoms with Crippen LogP contribution >= 0.6 is 0 Å². The molecule has 2 unspecified atom stereocenters. The van der Waals surface area contributed by atoms with Gasteiger partial charge >= 0.3 is 0 Å². The number of imidazole rings is 1. The van der Waals surface area contributed by atoms with E-state index in [4.69, 9.17) is 10.5 Å². The molecule has 0 aliphatic heterocycles. The van der Waals surface area contributed by atoms with E-state index in [-0.39, 0.29) is 12.1 Å². The van der Waals surface area contributed by atoms with Gasteiger partial charge in [-0.3, -0.25) is 0 Å². The van der Waals surface area contributed by atoms with E-state index in [2.05, 4.69) is 23.4 Å². The van der Waals surface area contributed by atoms with Crippen molar-refractivity contribution in [1.82, 2.24) is 9.55 Å².